The van der Waals surface area contributed by atoms with Crippen molar-refractivity contribution in [1.29, 1.82) is 0 Å². The molecule has 0 aliphatic carbocycles. The fourth-order valence-corrected chi connectivity index (χ4v) is 3.21. The Hall–Kier alpha value is -3.87. The van der Waals surface area contributed by atoms with Gasteiger partial charge in [0.15, 0.2) is 11.5 Å². The zero-order chi connectivity index (χ0) is 19.1. The van der Waals surface area contributed by atoms with E-state index in [0.29, 0.717) is 22.9 Å². The molecule has 3 aromatic heterocycles. The zero-order valence-electron chi connectivity index (χ0n) is 15.0. The van der Waals surface area contributed by atoms with Gasteiger partial charge in [-0.05, 0) is 29.7 Å². The number of H-pyrrole nitrogens is 1. The summed E-state index contributed by atoms with van der Waals surface area (Å²) in [4.78, 5) is 12.3. The number of anilines is 2. The van der Waals surface area contributed by atoms with Crippen molar-refractivity contribution in [2.75, 3.05) is 12.4 Å². The minimum Gasteiger partial charge on any atom is -0.497 e. The third-order valence-corrected chi connectivity index (χ3v) is 4.65. The first-order chi connectivity index (χ1) is 13.7. The predicted octanol–water partition coefficient (Wildman–Crippen LogP) is 4.77. The number of methoxy groups -OCH3 is 1. The van der Waals surface area contributed by atoms with Gasteiger partial charge >= 0.3 is 0 Å². The highest BCUT2D eigenvalue weighted by Gasteiger charge is 2.12. The number of ether oxygens (including phenoxy) is 1. The number of fused-ring (bicyclic) bond motifs is 2. The molecule has 0 spiro atoms. The third-order valence-electron chi connectivity index (χ3n) is 4.65. The Balaban J connectivity index is 1.61. The SMILES string of the molecule is COc1ccc(Nc2nc(-c3ccc4cc[nH]c4c3)cn3ccnc23)c(F)c1. The lowest BCUT2D eigenvalue weighted by molar-refractivity contribution is 0.411. The third kappa shape index (κ3) is 2.73. The van der Waals surface area contributed by atoms with Crippen LogP contribution in [0.4, 0.5) is 15.9 Å². The largest absolute Gasteiger partial charge is 0.497 e. The van der Waals surface area contributed by atoms with Crippen molar-refractivity contribution < 1.29 is 9.13 Å². The molecule has 0 aliphatic rings. The summed E-state index contributed by atoms with van der Waals surface area (Å²) in [6.45, 7) is 0. The van der Waals surface area contributed by atoms with E-state index < -0.39 is 5.82 Å². The summed E-state index contributed by atoms with van der Waals surface area (Å²) in [5, 5.41) is 4.19. The Bertz CT molecular complexity index is 1310. The molecule has 0 fully saturated rings. The number of benzene rings is 2. The Morgan fingerprint density at radius 3 is 2.93 bits per heavy atom. The van der Waals surface area contributed by atoms with E-state index in [2.05, 4.69) is 15.3 Å². The van der Waals surface area contributed by atoms with Crippen LogP contribution in [0.25, 0.3) is 27.8 Å². The number of hydrogen-bond donors (Lipinski definition) is 2. The summed E-state index contributed by atoms with van der Waals surface area (Å²) in [5.41, 5.74) is 3.64. The molecule has 0 aliphatic heterocycles. The van der Waals surface area contributed by atoms with Gasteiger partial charge in [0.05, 0.1) is 18.5 Å². The number of hydrogen-bond acceptors (Lipinski definition) is 4. The number of halogens is 1. The molecule has 7 heteroatoms. The second-order valence-corrected chi connectivity index (χ2v) is 6.38. The summed E-state index contributed by atoms with van der Waals surface area (Å²) >= 11 is 0. The van der Waals surface area contributed by atoms with Crippen LogP contribution in [0.3, 0.4) is 0 Å². The van der Waals surface area contributed by atoms with Crippen LogP contribution in [-0.2, 0) is 0 Å². The Morgan fingerprint density at radius 1 is 1.14 bits per heavy atom. The fourth-order valence-electron chi connectivity index (χ4n) is 3.21. The average Bonchev–Trinajstić information content (AvgIpc) is 3.37. The van der Waals surface area contributed by atoms with Crippen LogP contribution in [0, 0.1) is 5.82 Å². The second-order valence-electron chi connectivity index (χ2n) is 6.38. The topological polar surface area (TPSA) is 67.2 Å². The lowest BCUT2D eigenvalue weighted by Crippen LogP contribution is -2.02. The number of rotatable bonds is 4. The highest BCUT2D eigenvalue weighted by atomic mass is 19.1. The Kier molecular flexibility index (Phi) is 3.72. The van der Waals surface area contributed by atoms with E-state index in [0.717, 1.165) is 22.2 Å². The normalized spacial score (nSPS) is 11.2. The van der Waals surface area contributed by atoms with Gasteiger partial charge in [0.2, 0.25) is 0 Å². The number of nitrogens with one attached hydrogen (secondary N) is 2. The molecule has 6 nitrogen and oxygen atoms in total. The van der Waals surface area contributed by atoms with Gasteiger partial charge in [0.1, 0.15) is 11.6 Å². The van der Waals surface area contributed by atoms with Gasteiger partial charge in [-0.3, -0.25) is 0 Å². The number of imidazole rings is 1. The first kappa shape index (κ1) is 16.3. The van der Waals surface area contributed by atoms with Crippen LogP contribution in [-0.4, -0.2) is 26.5 Å². The van der Waals surface area contributed by atoms with Crippen LogP contribution in [0.15, 0.2) is 67.3 Å². The van der Waals surface area contributed by atoms with E-state index in [-0.39, 0.29) is 0 Å². The molecule has 0 radical (unpaired) electrons. The highest BCUT2D eigenvalue weighted by Crippen LogP contribution is 2.28. The number of nitrogens with zero attached hydrogens (tertiary/aromatic N) is 3. The molecular formula is C21H16FN5O. The lowest BCUT2D eigenvalue weighted by Gasteiger charge is -2.11. The highest BCUT2D eigenvalue weighted by molar-refractivity contribution is 5.84. The molecule has 0 atom stereocenters. The summed E-state index contributed by atoms with van der Waals surface area (Å²) in [6, 6.07) is 12.7. The monoisotopic (exact) mass is 373 g/mol. The smallest absolute Gasteiger partial charge is 0.180 e. The van der Waals surface area contributed by atoms with E-state index in [1.54, 1.807) is 18.3 Å². The quantitative estimate of drug-likeness (QED) is 0.476. The first-order valence-corrected chi connectivity index (χ1v) is 8.73. The van der Waals surface area contributed by atoms with E-state index in [4.69, 9.17) is 9.72 Å². The van der Waals surface area contributed by atoms with E-state index in [1.807, 2.05) is 47.3 Å². The van der Waals surface area contributed by atoms with Crippen molar-refractivity contribution >= 4 is 28.1 Å². The first-order valence-electron chi connectivity index (χ1n) is 8.73. The average molecular weight is 373 g/mol. The molecule has 0 unspecified atom stereocenters. The maximum absolute atomic E-state index is 14.4. The van der Waals surface area contributed by atoms with Crippen LogP contribution in [0.1, 0.15) is 0 Å². The summed E-state index contributed by atoms with van der Waals surface area (Å²) in [5.74, 6) is 0.497. The van der Waals surface area contributed by atoms with Crippen molar-refractivity contribution in [3.8, 4) is 17.0 Å². The van der Waals surface area contributed by atoms with Crippen molar-refractivity contribution in [2.24, 2.45) is 0 Å². The van der Waals surface area contributed by atoms with Crippen LogP contribution < -0.4 is 10.1 Å². The van der Waals surface area contributed by atoms with Crippen molar-refractivity contribution in [3.05, 3.63) is 73.1 Å². The number of aromatic amines is 1. The summed E-state index contributed by atoms with van der Waals surface area (Å²) in [6.07, 6.45) is 7.33. The Labute approximate surface area is 159 Å². The fraction of sp³-hybridized carbons (Fsp3) is 0.0476. The van der Waals surface area contributed by atoms with Gasteiger partial charge in [-0.1, -0.05) is 12.1 Å². The van der Waals surface area contributed by atoms with Gasteiger partial charge in [0, 0.05) is 41.9 Å². The minimum atomic E-state index is -0.427. The molecule has 0 saturated heterocycles. The molecule has 2 N–H and O–H groups in total. The molecule has 0 amide bonds. The van der Waals surface area contributed by atoms with Gasteiger partial charge in [-0.15, -0.1) is 0 Å². The van der Waals surface area contributed by atoms with E-state index >= 15 is 0 Å². The molecule has 0 saturated carbocycles. The van der Waals surface area contributed by atoms with Crippen molar-refractivity contribution in [3.63, 3.8) is 0 Å². The molecule has 0 bridgehead atoms. The maximum Gasteiger partial charge on any atom is 0.180 e. The minimum absolute atomic E-state index is 0.301. The zero-order valence-corrected chi connectivity index (χ0v) is 15.0. The van der Waals surface area contributed by atoms with Gasteiger partial charge in [0.25, 0.3) is 0 Å². The Morgan fingerprint density at radius 2 is 2.07 bits per heavy atom. The van der Waals surface area contributed by atoms with Crippen LogP contribution in [0.5, 0.6) is 5.75 Å². The van der Waals surface area contributed by atoms with Crippen molar-refractivity contribution in [1.82, 2.24) is 19.4 Å². The van der Waals surface area contributed by atoms with E-state index in [9.17, 15) is 4.39 Å². The standard InChI is InChI=1S/C21H16FN5O/c1-28-15-4-5-17(16(22)11-15)25-20-21-24-8-9-27(21)12-19(26-20)14-3-2-13-6-7-23-18(13)10-14/h2-12,23H,1H3,(H,25,26). The summed E-state index contributed by atoms with van der Waals surface area (Å²) < 4.78 is 21.3. The molecule has 138 valence electrons. The van der Waals surface area contributed by atoms with E-state index in [1.165, 1.54) is 13.2 Å². The molecule has 3 heterocycles. The summed E-state index contributed by atoms with van der Waals surface area (Å²) in [7, 11) is 1.50. The maximum atomic E-state index is 14.4. The van der Waals surface area contributed by atoms with Gasteiger partial charge < -0.3 is 19.4 Å². The van der Waals surface area contributed by atoms with Crippen LogP contribution >= 0.6 is 0 Å². The molecule has 5 rings (SSSR count). The molecule has 2 aromatic carbocycles. The van der Waals surface area contributed by atoms with Crippen molar-refractivity contribution in [2.45, 2.75) is 0 Å². The van der Waals surface area contributed by atoms with Gasteiger partial charge in [-0.2, -0.15) is 0 Å². The second kappa shape index (κ2) is 6.38. The van der Waals surface area contributed by atoms with Gasteiger partial charge in [-0.25, -0.2) is 14.4 Å². The molecule has 28 heavy (non-hydrogen) atoms. The predicted molar refractivity (Wildman–Crippen MR) is 107 cm³/mol. The lowest BCUT2D eigenvalue weighted by atomic mass is 10.1. The molecular weight excluding hydrogens is 357 g/mol. The number of aromatic nitrogens is 4. The van der Waals surface area contributed by atoms with Crippen LogP contribution in [0.2, 0.25) is 0 Å². The molecule has 5 aromatic rings.